The highest BCUT2D eigenvalue weighted by Gasteiger charge is 2.44. The van der Waals surface area contributed by atoms with E-state index >= 15 is 0 Å². The van der Waals surface area contributed by atoms with Gasteiger partial charge in [0.25, 0.3) is 0 Å². The highest BCUT2D eigenvalue weighted by Crippen LogP contribution is 2.26. The summed E-state index contributed by atoms with van der Waals surface area (Å²) in [6, 6.07) is 16.5. The van der Waals surface area contributed by atoms with E-state index in [2.05, 4.69) is 37.2 Å². The van der Waals surface area contributed by atoms with Crippen LogP contribution < -0.4 is 43.0 Å². The van der Waals surface area contributed by atoms with Crippen molar-refractivity contribution < 1.29 is 43.5 Å². The van der Waals surface area contributed by atoms with Crippen molar-refractivity contribution in [2.45, 2.75) is 113 Å². The summed E-state index contributed by atoms with van der Waals surface area (Å²) in [7, 11) is 0. The van der Waals surface area contributed by atoms with E-state index in [1.165, 1.54) is 16.7 Å². The molecular weight excluding hydrogens is 887 g/mol. The van der Waals surface area contributed by atoms with Gasteiger partial charge in [0.1, 0.15) is 48.3 Å². The van der Waals surface area contributed by atoms with Gasteiger partial charge in [0.2, 0.25) is 47.3 Å². The van der Waals surface area contributed by atoms with Crippen molar-refractivity contribution in [3.63, 3.8) is 0 Å². The van der Waals surface area contributed by atoms with Crippen molar-refractivity contribution in [3.05, 3.63) is 108 Å². The second-order valence-corrected chi connectivity index (χ2v) is 17.6. The van der Waals surface area contributed by atoms with Crippen molar-refractivity contribution in [3.8, 4) is 0 Å². The summed E-state index contributed by atoms with van der Waals surface area (Å²) in [6.45, 7) is 1.08. The molecule has 6 rings (SSSR count). The van der Waals surface area contributed by atoms with Crippen LogP contribution in [0.4, 0.5) is 0 Å². The fraction of sp³-hybridized carbons (Fsp3) is 0.449. The number of rotatable bonds is 11. The molecule has 0 bridgehead atoms. The summed E-state index contributed by atoms with van der Waals surface area (Å²) in [5.41, 5.74) is 7.50. The van der Waals surface area contributed by atoms with E-state index in [9.17, 15) is 43.5 Å². The van der Waals surface area contributed by atoms with Crippen LogP contribution in [0.2, 0.25) is 0 Å². The molecule has 3 aromatic rings. The molecule has 3 aromatic carbocycles. The Morgan fingerprint density at radius 1 is 0.565 bits per heavy atom. The molecule has 3 aliphatic heterocycles. The van der Waals surface area contributed by atoms with E-state index in [4.69, 9.17) is 11.1 Å². The molecule has 0 unspecified atom stereocenters. The maximum atomic E-state index is 14.6. The van der Waals surface area contributed by atoms with Crippen molar-refractivity contribution >= 4 is 53.2 Å². The summed E-state index contributed by atoms with van der Waals surface area (Å²) < 4.78 is 0. The van der Waals surface area contributed by atoms with Gasteiger partial charge >= 0.3 is 0 Å². The molecule has 20 heteroatoms. The first kappa shape index (κ1) is 51.0. The molecule has 3 saturated heterocycles. The van der Waals surface area contributed by atoms with Crippen LogP contribution in [0, 0.1) is 5.41 Å². The molecule has 69 heavy (non-hydrogen) atoms. The average molecular weight is 950 g/mol. The number of benzene rings is 3. The van der Waals surface area contributed by atoms with Crippen LogP contribution >= 0.6 is 0 Å². The number of nitrogens with one attached hydrogen (secondary N) is 8. The molecule has 0 spiro atoms. The Morgan fingerprint density at radius 3 is 1.49 bits per heavy atom. The molecular formula is C49H63N11O9. The third-order valence-electron chi connectivity index (χ3n) is 12.6. The molecule has 0 aliphatic carbocycles. The zero-order valence-electron chi connectivity index (χ0n) is 38.7. The van der Waals surface area contributed by atoms with Gasteiger partial charge in [0, 0.05) is 38.9 Å². The first-order chi connectivity index (χ1) is 33.2. The van der Waals surface area contributed by atoms with Gasteiger partial charge in [-0.15, -0.1) is 0 Å². The van der Waals surface area contributed by atoms with Crippen LogP contribution in [0.15, 0.2) is 91.0 Å². The Hall–Kier alpha value is -7.35. The molecule has 8 atom stereocenters. The largest absolute Gasteiger partial charge is 0.394 e. The van der Waals surface area contributed by atoms with E-state index in [-0.39, 0.29) is 64.1 Å². The zero-order valence-corrected chi connectivity index (χ0v) is 38.7. The lowest BCUT2D eigenvalue weighted by Gasteiger charge is -2.33. The summed E-state index contributed by atoms with van der Waals surface area (Å²) in [4.78, 5) is 117. The summed E-state index contributed by atoms with van der Waals surface area (Å²) in [5, 5.41) is 36.8. The minimum atomic E-state index is -1.59. The maximum Gasteiger partial charge on any atom is 0.246 e. The van der Waals surface area contributed by atoms with Gasteiger partial charge in [0.15, 0.2) is 5.96 Å². The first-order valence-corrected chi connectivity index (χ1v) is 23.5. The Labute approximate surface area is 400 Å². The van der Waals surface area contributed by atoms with Crippen LogP contribution in [0.25, 0.3) is 0 Å². The summed E-state index contributed by atoms with van der Waals surface area (Å²) >= 11 is 0. The number of hydrogen-bond donors (Lipinski definition) is 10. The summed E-state index contributed by atoms with van der Waals surface area (Å²) in [5.74, 6) is -5.93. The number of fused-ring (bicyclic) bond motifs is 2. The highest BCUT2D eigenvalue weighted by atomic mass is 16.3. The van der Waals surface area contributed by atoms with Gasteiger partial charge < -0.3 is 57.9 Å². The Morgan fingerprint density at radius 2 is 0.986 bits per heavy atom. The molecule has 0 aromatic heterocycles. The average Bonchev–Trinajstić information content (AvgIpc) is 4.05. The molecule has 20 nitrogen and oxygen atoms in total. The van der Waals surface area contributed by atoms with Gasteiger partial charge in [-0.05, 0) is 62.1 Å². The van der Waals surface area contributed by atoms with E-state index in [0.29, 0.717) is 36.0 Å². The molecule has 3 fully saturated rings. The normalized spacial score (nSPS) is 25.7. The maximum absolute atomic E-state index is 14.6. The van der Waals surface area contributed by atoms with E-state index < -0.39 is 102 Å². The van der Waals surface area contributed by atoms with Crippen LogP contribution in [-0.2, 0) is 57.6 Å². The second-order valence-electron chi connectivity index (χ2n) is 17.6. The third kappa shape index (κ3) is 14.1. The fourth-order valence-electron chi connectivity index (χ4n) is 8.90. The molecule has 0 radical (unpaired) electrons. The molecule has 3 aliphatic rings. The number of nitrogens with zero attached hydrogens (tertiary/aromatic N) is 2. The number of carbonyl (C=O) groups excluding carboxylic acids is 8. The van der Waals surface area contributed by atoms with Gasteiger partial charge in [-0.2, -0.15) is 0 Å². The minimum Gasteiger partial charge on any atom is -0.394 e. The highest BCUT2D eigenvalue weighted by molar-refractivity contribution is 5.99. The number of amides is 8. The molecule has 11 N–H and O–H groups in total. The number of aliphatic hydroxyl groups excluding tert-OH is 1. The summed E-state index contributed by atoms with van der Waals surface area (Å²) in [6.07, 6.45) is 1.71. The van der Waals surface area contributed by atoms with Crippen LogP contribution in [0.1, 0.15) is 62.1 Å². The zero-order chi connectivity index (χ0) is 49.5. The van der Waals surface area contributed by atoms with Crippen LogP contribution in [0.3, 0.4) is 0 Å². The number of nitrogens with two attached hydrogens (primary N) is 1. The first-order valence-electron chi connectivity index (χ1n) is 23.5. The van der Waals surface area contributed by atoms with Gasteiger partial charge in [-0.3, -0.25) is 43.8 Å². The number of aliphatic hydroxyl groups is 1. The SMILES string of the molecule is C[C@@H]1NC(=O)[C@H](CO)NC(=O)[C@H](Cc2ccccc2)NC(=O)[C@H](Cc2ccccc2)NC(=O)[C@H](CCCNC(=N)N)NC(=O)[C@@H]2CCCN2C(=O)[C@H]2CCCN2C(=O)[C@H](Cc2ccccc2)NC1=O. The second kappa shape index (κ2) is 24.6. The third-order valence-corrected chi connectivity index (χ3v) is 12.6. The Bertz CT molecular complexity index is 2310. The van der Waals surface area contributed by atoms with Crippen LogP contribution in [0.5, 0.6) is 0 Å². The topological polar surface area (TPSA) is 297 Å². The molecule has 8 amide bonds. The standard InChI is InChI=1S/C49H63N11O9/c1-30-41(62)57-37(28-33-18-9-4-10-19-33)47(68)60-25-13-22-40(60)48(69)59-24-12-21-39(59)46(67)54-34(20-11-23-52-49(50)51)42(63)55-35(26-31-14-5-2-6-15-31)43(64)56-36(27-32-16-7-3-8-17-32)44(65)58-38(29-61)45(66)53-30/h2-10,14-19,30,34-40,61H,11-13,20-29H2,1H3,(H,53,66)(H,54,67)(H,55,63)(H,56,64)(H,57,62)(H,58,65)(H4,50,51,52)/t30-,34-,35-,36-,37-,38-,39-,40+/m0/s1. The quantitative estimate of drug-likeness (QED) is 0.0625. The fourth-order valence-corrected chi connectivity index (χ4v) is 8.90. The van der Waals surface area contributed by atoms with Gasteiger partial charge in [-0.25, -0.2) is 0 Å². The molecule has 0 saturated carbocycles. The monoisotopic (exact) mass is 949 g/mol. The predicted molar refractivity (Wildman–Crippen MR) is 253 cm³/mol. The molecule has 368 valence electrons. The van der Waals surface area contributed by atoms with Crippen molar-refractivity contribution in [2.75, 3.05) is 26.2 Å². The lowest BCUT2D eigenvalue weighted by Crippen LogP contribution is -2.62. The Kier molecular flexibility index (Phi) is 18.2. The van der Waals surface area contributed by atoms with Crippen molar-refractivity contribution in [2.24, 2.45) is 5.73 Å². The number of guanidine groups is 1. The van der Waals surface area contributed by atoms with Crippen molar-refractivity contribution in [1.29, 1.82) is 5.41 Å². The smallest absolute Gasteiger partial charge is 0.246 e. The van der Waals surface area contributed by atoms with E-state index in [1.54, 1.807) is 91.0 Å². The number of carbonyl (C=O) groups is 8. The van der Waals surface area contributed by atoms with E-state index in [0.717, 1.165) is 0 Å². The Balaban J connectivity index is 1.37. The van der Waals surface area contributed by atoms with Crippen molar-refractivity contribution in [1.82, 2.24) is 47.0 Å². The number of hydrogen-bond acceptors (Lipinski definition) is 10. The van der Waals surface area contributed by atoms with E-state index in [1.807, 2.05) is 0 Å². The lowest BCUT2D eigenvalue weighted by atomic mass is 10.0. The predicted octanol–water partition coefficient (Wildman–Crippen LogP) is -1.11. The van der Waals surface area contributed by atoms with Gasteiger partial charge in [0.05, 0.1) is 6.61 Å². The van der Waals surface area contributed by atoms with Gasteiger partial charge in [-0.1, -0.05) is 91.0 Å². The lowest BCUT2D eigenvalue weighted by molar-refractivity contribution is -0.148. The minimum absolute atomic E-state index is 0.0277. The van der Waals surface area contributed by atoms with Crippen LogP contribution in [-0.4, -0.2) is 143 Å². The molecule has 3 heterocycles.